The number of phenols is 2. The van der Waals surface area contributed by atoms with Crippen LogP contribution in [0.5, 0.6) is 23.0 Å². The number of aryl methyl sites for hydroxylation is 1. The number of methoxy groups -OCH3 is 1. The molecule has 0 amide bonds. The average Bonchev–Trinajstić information content (AvgIpc) is 2.83. The molecule has 2 aromatic carbocycles. The van der Waals surface area contributed by atoms with Crippen LogP contribution >= 0.6 is 0 Å². The zero-order chi connectivity index (χ0) is 27.4. The summed E-state index contributed by atoms with van der Waals surface area (Å²) in [7, 11) is 1.41. The second-order valence-electron chi connectivity index (χ2n) is 9.19. The van der Waals surface area contributed by atoms with Gasteiger partial charge in [-0.3, -0.25) is 4.79 Å². The number of Topliss-reactive ketones (excluding diaryl/α,β-unsaturated/α-hetero) is 1. The summed E-state index contributed by atoms with van der Waals surface area (Å²) in [6, 6.07) is 5.27. The summed E-state index contributed by atoms with van der Waals surface area (Å²) in [6.07, 6.45) is 8.12. The van der Waals surface area contributed by atoms with Gasteiger partial charge in [0.25, 0.3) is 0 Å². The number of hydrogen-bond acceptors (Lipinski definition) is 7. The number of carbonyl (C=O) groups excluding carboxylic acids is 2. The summed E-state index contributed by atoms with van der Waals surface area (Å²) in [5.74, 6) is -2.94. The Morgan fingerprint density at radius 1 is 0.757 bits per heavy atom. The van der Waals surface area contributed by atoms with Gasteiger partial charge in [0.2, 0.25) is 0 Å². The van der Waals surface area contributed by atoms with E-state index in [9.17, 15) is 29.7 Å². The Bertz CT molecular complexity index is 1090. The second-order valence-corrected chi connectivity index (χ2v) is 9.19. The number of phenolic OH excluding ortho intramolecular Hbond substituents is 1. The number of carbonyl (C=O) groups is 3. The van der Waals surface area contributed by atoms with Crippen LogP contribution in [0.2, 0.25) is 0 Å². The fourth-order valence-corrected chi connectivity index (χ4v) is 4.26. The third-order valence-electron chi connectivity index (χ3n) is 6.21. The lowest BCUT2D eigenvalue weighted by atomic mass is 9.98. The number of hydrogen-bond donors (Lipinski definition) is 3. The van der Waals surface area contributed by atoms with Crippen molar-refractivity contribution in [2.75, 3.05) is 7.11 Å². The van der Waals surface area contributed by atoms with Gasteiger partial charge in [0, 0.05) is 25.0 Å². The van der Waals surface area contributed by atoms with Crippen molar-refractivity contribution in [2.45, 2.75) is 84.5 Å². The highest BCUT2D eigenvalue weighted by Gasteiger charge is 2.24. The number of unbranched alkanes of at least 4 members (excludes halogenated alkanes) is 6. The highest BCUT2D eigenvalue weighted by atomic mass is 16.5. The lowest BCUT2D eigenvalue weighted by Gasteiger charge is -2.15. The van der Waals surface area contributed by atoms with Crippen molar-refractivity contribution in [1.29, 1.82) is 0 Å². The molecule has 0 aliphatic heterocycles. The highest BCUT2D eigenvalue weighted by molar-refractivity contribution is 5.98. The second kappa shape index (κ2) is 14.9. The zero-order valence-electron chi connectivity index (χ0n) is 22.0. The molecule has 8 nitrogen and oxygen atoms in total. The van der Waals surface area contributed by atoms with Crippen LogP contribution in [0.4, 0.5) is 0 Å². The zero-order valence-corrected chi connectivity index (χ0v) is 22.0. The molecule has 0 radical (unpaired) electrons. The van der Waals surface area contributed by atoms with E-state index < -0.39 is 23.4 Å². The van der Waals surface area contributed by atoms with E-state index in [2.05, 4.69) is 6.92 Å². The standard InChI is InChI=1S/C29H38O8/c1-4-6-8-9-11-12-19-15-23(18-24(31)26(19)28(33)34)37-29(35)27-20(14-21(30)13-10-7-5-2)16-22(36-3)17-25(27)32/h15-18,31-32H,4-14H2,1-3H3,(H,33,34). The minimum absolute atomic E-state index is 0.0495. The Hall–Kier alpha value is -3.55. The molecule has 0 saturated heterocycles. The van der Waals surface area contributed by atoms with Crippen molar-refractivity contribution in [2.24, 2.45) is 0 Å². The Kier molecular flexibility index (Phi) is 11.9. The summed E-state index contributed by atoms with van der Waals surface area (Å²) in [4.78, 5) is 37.4. The van der Waals surface area contributed by atoms with Gasteiger partial charge in [-0.1, -0.05) is 52.4 Å². The summed E-state index contributed by atoms with van der Waals surface area (Å²) in [5.41, 5.74) is 0.233. The lowest BCUT2D eigenvalue weighted by molar-refractivity contribution is -0.118. The molecular weight excluding hydrogens is 476 g/mol. The van der Waals surface area contributed by atoms with Crippen molar-refractivity contribution in [3.8, 4) is 23.0 Å². The van der Waals surface area contributed by atoms with Gasteiger partial charge < -0.3 is 24.8 Å². The molecule has 2 aromatic rings. The van der Waals surface area contributed by atoms with Crippen LogP contribution < -0.4 is 9.47 Å². The third-order valence-corrected chi connectivity index (χ3v) is 6.21. The van der Waals surface area contributed by atoms with Gasteiger partial charge >= 0.3 is 11.9 Å². The number of aromatic hydroxyl groups is 2. The molecule has 0 spiro atoms. The molecular formula is C29H38O8. The number of ether oxygens (including phenoxy) is 2. The van der Waals surface area contributed by atoms with Crippen LogP contribution in [0.25, 0.3) is 0 Å². The van der Waals surface area contributed by atoms with Crippen LogP contribution in [-0.4, -0.2) is 40.2 Å². The predicted molar refractivity (Wildman–Crippen MR) is 140 cm³/mol. The van der Waals surface area contributed by atoms with Crippen LogP contribution in [0.1, 0.15) is 103 Å². The topological polar surface area (TPSA) is 130 Å². The Morgan fingerprint density at radius 2 is 1.35 bits per heavy atom. The number of carboxylic acid groups (broad SMARTS) is 1. The first-order valence-corrected chi connectivity index (χ1v) is 12.9. The molecule has 3 N–H and O–H groups in total. The largest absolute Gasteiger partial charge is 0.507 e. The SMILES string of the molecule is CCCCCCCc1cc(OC(=O)c2c(O)cc(OC)cc2CC(=O)CCCCC)cc(O)c1C(=O)O. The lowest BCUT2D eigenvalue weighted by Crippen LogP contribution is -2.15. The maximum Gasteiger partial charge on any atom is 0.347 e. The highest BCUT2D eigenvalue weighted by Crippen LogP contribution is 2.33. The van der Waals surface area contributed by atoms with E-state index in [-0.39, 0.29) is 34.6 Å². The first kappa shape index (κ1) is 29.7. The molecule has 0 fully saturated rings. The van der Waals surface area contributed by atoms with Gasteiger partial charge in [-0.2, -0.15) is 0 Å². The molecule has 202 valence electrons. The molecule has 0 aliphatic carbocycles. The van der Waals surface area contributed by atoms with Gasteiger partial charge in [-0.25, -0.2) is 9.59 Å². The molecule has 8 heteroatoms. The summed E-state index contributed by atoms with van der Waals surface area (Å²) in [6.45, 7) is 4.14. The molecule has 0 aromatic heterocycles. The van der Waals surface area contributed by atoms with Gasteiger partial charge in [0.1, 0.15) is 39.9 Å². The number of esters is 1. The maximum absolute atomic E-state index is 13.1. The fourth-order valence-electron chi connectivity index (χ4n) is 4.26. The molecule has 0 bridgehead atoms. The Balaban J connectivity index is 2.32. The van der Waals surface area contributed by atoms with E-state index in [1.54, 1.807) is 0 Å². The molecule has 0 heterocycles. The van der Waals surface area contributed by atoms with Crippen molar-refractivity contribution in [1.82, 2.24) is 0 Å². The quantitative estimate of drug-likeness (QED) is 0.137. The van der Waals surface area contributed by atoms with E-state index in [4.69, 9.17) is 9.47 Å². The normalized spacial score (nSPS) is 10.8. The molecule has 0 saturated carbocycles. The molecule has 0 unspecified atom stereocenters. The van der Waals surface area contributed by atoms with E-state index in [0.717, 1.165) is 57.4 Å². The van der Waals surface area contributed by atoms with Crippen LogP contribution in [0.3, 0.4) is 0 Å². The number of ketones is 1. The Labute approximate surface area is 218 Å². The van der Waals surface area contributed by atoms with E-state index >= 15 is 0 Å². The van der Waals surface area contributed by atoms with E-state index in [1.165, 1.54) is 25.3 Å². The minimum atomic E-state index is -1.27. The fraction of sp³-hybridized carbons (Fsp3) is 0.483. The Morgan fingerprint density at radius 3 is 2.00 bits per heavy atom. The van der Waals surface area contributed by atoms with Crippen molar-refractivity contribution in [3.63, 3.8) is 0 Å². The van der Waals surface area contributed by atoms with E-state index in [1.807, 2.05) is 6.92 Å². The van der Waals surface area contributed by atoms with Gasteiger partial charge in [-0.15, -0.1) is 0 Å². The molecule has 37 heavy (non-hydrogen) atoms. The molecule has 0 atom stereocenters. The molecule has 2 rings (SSSR count). The van der Waals surface area contributed by atoms with Crippen molar-refractivity contribution in [3.05, 3.63) is 46.5 Å². The van der Waals surface area contributed by atoms with Crippen molar-refractivity contribution < 1.29 is 39.2 Å². The maximum atomic E-state index is 13.1. The first-order valence-electron chi connectivity index (χ1n) is 12.9. The number of benzene rings is 2. The van der Waals surface area contributed by atoms with Crippen LogP contribution in [0, 0.1) is 0 Å². The smallest absolute Gasteiger partial charge is 0.347 e. The number of aromatic carboxylic acids is 1. The summed E-state index contributed by atoms with van der Waals surface area (Å²) < 4.78 is 10.7. The monoisotopic (exact) mass is 514 g/mol. The van der Waals surface area contributed by atoms with Gasteiger partial charge in [-0.05, 0) is 42.5 Å². The van der Waals surface area contributed by atoms with Crippen LogP contribution in [0.15, 0.2) is 24.3 Å². The van der Waals surface area contributed by atoms with Gasteiger partial charge in [0.15, 0.2) is 0 Å². The summed E-state index contributed by atoms with van der Waals surface area (Å²) in [5, 5.41) is 30.5. The molecule has 0 aliphatic rings. The average molecular weight is 515 g/mol. The number of carboxylic acids is 1. The van der Waals surface area contributed by atoms with E-state index in [0.29, 0.717) is 24.2 Å². The van der Waals surface area contributed by atoms with Crippen LogP contribution in [-0.2, 0) is 17.6 Å². The number of rotatable bonds is 16. The minimum Gasteiger partial charge on any atom is -0.507 e. The predicted octanol–water partition coefficient (Wildman–Crippen LogP) is 6.23. The van der Waals surface area contributed by atoms with Gasteiger partial charge in [0.05, 0.1) is 7.11 Å². The third kappa shape index (κ3) is 8.81. The first-order chi connectivity index (χ1) is 17.7. The van der Waals surface area contributed by atoms with Crippen molar-refractivity contribution >= 4 is 17.7 Å². The summed E-state index contributed by atoms with van der Waals surface area (Å²) >= 11 is 0.